The van der Waals surface area contributed by atoms with E-state index >= 15 is 0 Å². The molecular formula is C21H18N4O3. The van der Waals surface area contributed by atoms with E-state index < -0.39 is 0 Å². The fourth-order valence-electron chi connectivity index (χ4n) is 2.92. The van der Waals surface area contributed by atoms with Gasteiger partial charge in [0.15, 0.2) is 11.5 Å². The average Bonchev–Trinajstić information content (AvgIpc) is 3.03. The number of rotatable bonds is 4. The number of fused-ring (bicyclic) bond motifs is 1. The second-order valence-corrected chi connectivity index (χ2v) is 6.57. The number of nitrogens with one attached hydrogen (secondary N) is 1. The van der Waals surface area contributed by atoms with Gasteiger partial charge in [-0.3, -0.25) is 9.59 Å². The maximum absolute atomic E-state index is 12.4. The van der Waals surface area contributed by atoms with Crippen molar-refractivity contribution >= 4 is 22.7 Å². The van der Waals surface area contributed by atoms with Crippen LogP contribution in [0.3, 0.4) is 0 Å². The average molecular weight is 374 g/mol. The van der Waals surface area contributed by atoms with Gasteiger partial charge in [-0.05, 0) is 25.1 Å². The van der Waals surface area contributed by atoms with Crippen molar-refractivity contribution in [2.24, 2.45) is 0 Å². The number of carbonyl (C=O) groups is 1. The Morgan fingerprint density at radius 1 is 1.14 bits per heavy atom. The number of hydrogen-bond donors (Lipinski definition) is 1. The van der Waals surface area contributed by atoms with Gasteiger partial charge in [-0.1, -0.05) is 29.8 Å². The first-order valence-electron chi connectivity index (χ1n) is 8.78. The van der Waals surface area contributed by atoms with Crippen molar-refractivity contribution in [1.82, 2.24) is 14.5 Å². The molecule has 4 rings (SSSR count). The lowest BCUT2D eigenvalue weighted by atomic mass is 10.1. The maximum Gasteiger partial charge on any atom is 0.269 e. The number of benzene rings is 2. The van der Waals surface area contributed by atoms with Crippen LogP contribution in [0.5, 0.6) is 0 Å². The third kappa shape index (κ3) is 3.68. The summed E-state index contributed by atoms with van der Waals surface area (Å²) in [6.45, 7) is 3.65. The monoisotopic (exact) mass is 374 g/mol. The van der Waals surface area contributed by atoms with E-state index in [4.69, 9.17) is 4.42 Å². The van der Waals surface area contributed by atoms with Crippen LogP contribution in [0, 0.1) is 13.8 Å². The predicted molar refractivity (Wildman–Crippen MR) is 106 cm³/mol. The summed E-state index contributed by atoms with van der Waals surface area (Å²) in [5.41, 5.74) is 4.22. The van der Waals surface area contributed by atoms with Gasteiger partial charge in [0.1, 0.15) is 12.1 Å². The van der Waals surface area contributed by atoms with Gasteiger partial charge in [0.25, 0.3) is 5.56 Å². The molecule has 2 aromatic carbocycles. The van der Waals surface area contributed by atoms with Gasteiger partial charge in [0, 0.05) is 24.4 Å². The number of aryl methyl sites for hydroxylation is 2. The van der Waals surface area contributed by atoms with Crippen LogP contribution in [0.1, 0.15) is 11.5 Å². The summed E-state index contributed by atoms with van der Waals surface area (Å²) in [6.07, 6.45) is 2.82. The number of nitrogens with zero attached hydrogens (tertiary/aromatic N) is 3. The lowest BCUT2D eigenvalue weighted by molar-refractivity contribution is -0.116. The Kier molecular flexibility index (Phi) is 4.49. The van der Waals surface area contributed by atoms with Crippen molar-refractivity contribution in [3.63, 3.8) is 0 Å². The van der Waals surface area contributed by atoms with E-state index in [0.29, 0.717) is 28.4 Å². The fraction of sp³-hybridized carbons (Fsp3) is 0.143. The van der Waals surface area contributed by atoms with Crippen molar-refractivity contribution in [2.45, 2.75) is 20.4 Å². The van der Waals surface area contributed by atoms with Gasteiger partial charge in [0.2, 0.25) is 5.91 Å². The number of hydrogen-bond acceptors (Lipinski definition) is 5. The lowest BCUT2D eigenvalue weighted by Crippen LogP contribution is -2.27. The van der Waals surface area contributed by atoms with Crippen molar-refractivity contribution in [3.05, 3.63) is 76.7 Å². The smallest absolute Gasteiger partial charge is 0.269 e. The van der Waals surface area contributed by atoms with Crippen LogP contribution in [-0.4, -0.2) is 20.4 Å². The third-order valence-corrected chi connectivity index (χ3v) is 4.31. The van der Waals surface area contributed by atoms with E-state index in [0.717, 1.165) is 11.1 Å². The number of oxazole rings is 1. The fourth-order valence-corrected chi connectivity index (χ4v) is 2.92. The summed E-state index contributed by atoms with van der Waals surface area (Å²) in [4.78, 5) is 33.0. The molecular weight excluding hydrogens is 356 g/mol. The zero-order chi connectivity index (χ0) is 19.7. The third-order valence-electron chi connectivity index (χ3n) is 4.31. The van der Waals surface area contributed by atoms with Crippen LogP contribution in [-0.2, 0) is 11.3 Å². The molecule has 0 saturated carbocycles. The van der Waals surface area contributed by atoms with Crippen molar-refractivity contribution in [2.75, 3.05) is 5.32 Å². The highest BCUT2D eigenvalue weighted by Crippen LogP contribution is 2.20. The van der Waals surface area contributed by atoms with Crippen LogP contribution in [0.4, 0.5) is 5.69 Å². The van der Waals surface area contributed by atoms with Gasteiger partial charge in [-0.25, -0.2) is 9.97 Å². The molecule has 0 aliphatic rings. The first-order chi connectivity index (χ1) is 13.5. The Bertz CT molecular complexity index is 1220. The van der Waals surface area contributed by atoms with Crippen molar-refractivity contribution in [3.8, 4) is 11.3 Å². The summed E-state index contributed by atoms with van der Waals surface area (Å²) < 4.78 is 6.77. The molecule has 140 valence electrons. The molecule has 0 saturated heterocycles. The molecule has 4 aromatic rings. The normalized spacial score (nSPS) is 10.9. The molecule has 2 aromatic heterocycles. The SMILES string of the molecule is Cc1ccc(-c2cn(CC(=O)Nc3ccc4oc(C)nc4c3)c(=O)cn2)cc1. The highest BCUT2D eigenvalue weighted by atomic mass is 16.3. The predicted octanol–water partition coefficient (Wildman–Crippen LogP) is 3.31. The molecule has 1 amide bonds. The molecule has 28 heavy (non-hydrogen) atoms. The van der Waals surface area contributed by atoms with E-state index in [9.17, 15) is 9.59 Å². The van der Waals surface area contributed by atoms with Crippen LogP contribution in [0.25, 0.3) is 22.4 Å². The van der Waals surface area contributed by atoms with Crippen molar-refractivity contribution < 1.29 is 9.21 Å². The second-order valence-electron chi connectivity index (χ2n) is 6.57. The molecule has 0 unspecified atom stereocenters. The van der Waals surface area contributed by atoms with Crippen molar-refractivity contribution in [1.29, 1.82) is 0 Å². The maximum atomic E-state index is 12.4. The molecule has 7 heteroatoms. The van der Waals surface area contributed by atoms with E-state index in [1.54, 1.807) is 31.3 Å². The Hall–Kier alpha value is -3.74. The Morgan fingerprint density at radius 3 is 2.71 bits per heavy atom. The molecule has 0 radical (unpaired) electrons. The van der Waals surface area contributed by atoms with Gasteiger partial charge >= 0.3 is 0 Å². The number of carbonyl (C=O) groups excluding carboxylic acids is 1. The largest absolute Gasteiger partial charge is 0.441 e. The molecule has 0 aliphatic carbocycles. The molecule has 0 fully saturated rings. The Morgan fingerprint density at radius 2 is 1.93 bits per heavy atom. The van der Waals surface area contributed by atoms with Gasteiger partial charge in [0.05, 0.1) is 11.9 Å². The molecule has 0 spiro atoms. The Labute approximate surface area is 160 Å². The molecule has 1 N–H and O–H groups in total. The van der Waals surface area contributed by atoms with Gasteiger partial charge < -0.3 is 14.3 Å². The topological polar surface area (TPSA) is 90.0 Å². The van der Waals surface area contributed by atoms with Crippen LogP contribution >= 0.6 is 0 Å². The van der Waals surface area contributed by atoms with Crippen LogP contribution < -0.4 is 10.9 Å². The Balaban J connectivity index is 1.53. The summed E-state index contributed by atoms with van der Waals surface area (Å²) in [5.74, 6) is 0.244. The molecule has 0 bridgehead atoms. The molecule has 0 atom stereocenters. The number of anilines is 1. The van der Waals surface area contributed by atoms with Crippen LogP contribution in [0.15, 0.2) is 64.1 Å². The van der Waals surface area contributed by atoms with Gasteiger partial charge in [-0.2, -0.15) is 0 Å². The number of aromatic nitrogens is 3. The molecule has 0 aliphatic heterocycles. The minimum absolute atomic E-state index is 0.115. The summed E-state index contributed by atoms with van der Waals surface area (Å²) in [5, 5.41) is 2.78. The summed E-state index contributed by atoms with van der Waals surface area (Å²) in [6, 6.07) is 13.0. The first kappa shape index (κ1) is 17.7. The zero-order valence-electron chi connectivity index (χ0n) is 15.5. The lowest BCUT2D eigenvalue weighted by Gasteiger charge is -2.09. The van der Waals surface area contributed by atoms with Crippen LogP contribution in [0.2, 0.25) is 0 Å². The molecule has 2 heterocycles. The van der Waals surface area contributed by atoms with E-state index in [2.05, 4.69) is 15.3 Å². The quantitative estimate of drug-likeness (QED) is 0.592. The van der Waals surface area contributed by atoms with E-state index in [1.807, 2.05) is 31.2 Å². The second kappa shape index (κ2) is 7.11. The zero-order valence-corrected chi connectivity index (χ0v) is 15.5. The highest BCUT2D eigenvalue weighted by Gasteiger charge is 2.09. The summed E-state index contributed by atoms with van der Waals surface area (Å²) >= 11 is 0. The summed E-state index contributed by atoms with van der Waals surface area (Å²) in [7, 11) is 0. The minimum atomic E-state index is -0.339. The van der Waals surface area contributed by atoms with E-state index in [-0.39, 0.29) is 18.0 Å². The minimum Gasteiger partial charge on any atom is -0.441 e. The number of amides is 1. The highest BCUT2D eigenvalue weighted by molar-refractivity contribution is 5.92. The van der Waals surface area contributed by atoms with E-state index in [1.165, 1.54) is 10.8 Å². The van der Waals surface area contributed by atoms with Gasteiger partial charge in [-0.15, -0.1) is 0 Å². The first-order valence-corrected chi connectivity index (χ1v) is 8.78. The standard InChI is InChI=1S/C21H18N4O3/c1-13-3-5-15(6-4-13)18-11-25(21(27)10-22-18)12-20(26)24-16-7-8-19-17(9-16)23-14(2)28-19/h3-11H,12H2,1-2H3,(H,24,26). The molecule has 7 nitrogen and oxygen atoms in total.